The van der Waals surface area contributed by atoms with Crippen LogP contribution in [0.5, 0.6) is 0 Å². The van der Waals surface area contributed by atoms with Gasteiger partial charge in [0.25, 0.3) is 0 Å². The van der Waals surface area contributed by atoms with Gasteiger partial charge in [-0.3, -0.25) is 19.8 Å². The molecule has 0 radical (unpaired) electrons. The van der Waals surface area contributed by atoms with Crippen LogP contribution in [0.15, 0.2) is 48.8 Å². The van der Waals surface area contributed by atoms with E-state index in [2.05, 4.69) is 54.7 Å². The van der Waals surface area contributed by atoms with Gasteiger partial charge in [0.15, 0.2) is 0 Å². The Hall–Kier alpha value is -1.86. The Morgan fingerprint density at radius 1 is 0.654 bits per heavy atom. The van der Waals surface area contributed by atoms with Gasteiger partial charge in [-0.05, 0) is 24.3 Å². The summed E-state index contributed by atoms with van der Waals surface area (Å²) < 4.78 is 0. The van der Waals surface area contributed by atoms with Crippen LogP contribution in [0, 0.1) is 0 Å². The molecule has 2 N–H and O–H groups in total. The second-order valence-electron chi connectivity index (χ2n) is 6.69. The van der Waals surface area contributed by atoms with E-state index in [1.807, 2.05) is 24.5 Å². The molecule has 0 unspecified atom stereocenters. The van der Waals surface area contributed by atoms with Crippen molar-refractivity contribution in [1.82, 2.24) is 30.4 Å². The van der Waals surface area contributed by atoms with Crippen LogP contribution in [0.1, 0.15) is 11.4 Å². The van der Waals surface area contributed by atoms with Crippen molar-refractivity contribution >= 4 is 0 Å². The Labute approximate surface area is 156 Å². The summed E-state index contributed by atoms with van der Waals surface area (Å²) in [5.41, 5.74) is 2.27. The third kappa shape index (κ3) is 6.80. The maximum absolute atomic E-state index is 4.49. The predicted octanol–water partition coefficient (Wildman–Crippen LogP) is 0.974. The average molecular weight is 355 g/mol. The molecule has 0 aliphatic carbocycles. The quantitative estimate of drug-likeness (QED) is 0.854. The first-order valence-electron chi connectivity index (χ1n) is 9.56. The van der Waals surface area contributed by atoms with Gasteiger partial charge in [-0.1, -0.05) is 12.1 Å². The number of pyridine rings is 2. The fourth-order valence-corrected chi connectivity index (χ4v) is 3.17. The topological polar surface area (TPSA) is 56.3 Å². The Bertz CT molecular complexity index is 551. The maximum Gasteiger partial charge on any atom is 0.0543 e. The standard InChI is InChI=1S/C20H30N6/c1-3-7-23-19(5-1)17-25-13-11-21-9-10-22-12-14-26(16-15-25)18-20-6-2-4-8-24-20/h1-8,21-22H,9-18H2. The van der Waals surface area contributed by atoms with Crippen LogP contribution in [0.3, 0.4) is 0 Å². The number of rotatable bonds is 4. The predicted molar refractivity (Wildman–Crippen MR) is 105 cm³/mol. The smallest absolute Gasteiger partial charge is 0.0543 e. The van der Waals surface area contributed by atoms with E-state index in [-0.39, 0.29) is 0 Å². The van der Waals surface area contributed by atoms with Crippen molar-refractivity contribution in [2.45, 2.75) is 13.1 Å². The molecule has 0 spiro atoms. The molecule has 0 bridgehead atoms. The highest BCUT2D eigenvalue weighted by Crippen LogP contribution is 2.04. The highest BCUT2D eigenvalue weighted by Gasteiger charge is 2.12. The molecule has 6 nitrogen and oxygen atoms in total. The summed E-state index contributed by atoms with van der Waals surface area (Å²) >= 11 is 0. The number of hydrogen-bond acceptors (Lipinski definition) is 6. The highest BCUT2D eigenvalue weighted by atomic mass is 15.2. The first-order valence-corrected chi connectivity index (χ1v) is 9.56. The van der Waals surface area contributed by atoms with Crippen LogP contribution >= 0.6 is 0 Å². The monoisotopic (exact) mass is 354 g/mol. The lowest BCUT2D eigenvalue weighted by atomic mass is 10.3. The average Bonchev–Trinajstić information content (AvgIpc) is 2.67. The van der Waals surface area contributed by atoms with Gasteiger partial charge in [-0.25, -0.2) is 0 Å². The molecule has 1 saturated heterocycles. The van der Waals surface area contributed by atoms with Crippen LogP contribution in [0.25, 0.3) is 0 Å². The van der Waals surface area contributed by atoms with Gasteiger partial charge in [-0.2, -0.15) is 0 Å². The van der Waals surface area contributed by atoms with Crippen molar-refractivity contribution in [3.63, 3.8) is 0 Å². The van der Waals surface area contributed by atoms with Crippen LogP contribution in [-0.2, 0) is 13.1 Å². The maximum atomic E-state index is 4.49. The molecule has 2 aromatic rings. The third-order valence-corrected chi connectivity index (χ3v) is 4.64. The van der Waals surface area contributed by atoms with E-state index in [9.17, 15) is 0 Å². The molecule has 0 aromatic carbocycles. The van der Waals surface area contributed by atoms with Gasteiger partial charge in [0.05, 0.1) is 11.4 Å². The molecular formula is C20H30N6. The zero-order valence-corrected chi connectivity index (χ0v) is 15.5. The summed E-state index contributed by atoms with van der Waals surface area (Å²) in [7, 11) is 0. The third-order valence-electron chi connectivity index (χ3n) is 4.64. The largest absolute Gasteiger partial charge is 0.314 e. The first-order chi connectivity index (χ1) is 12.9. The van der Waals surface area contributed by atoms with Gasteiger partial charge < -0.3 is 10.6 Å². The van der Waals surface area contributed by atoms with Crippen molar-refractivity contribution in [3.05, 3.63) is 60.2 Å². The molecule has 1 aliphatic heterocycles. The van der Waals surface area contributed by atoms with E-state index in [1.165, 1.54) is 0 Å². The van der Waals surface area contributed by atoms with Crippen molar-refractivity contribution in [2.24, 2.45) is 0 Å². The molecule has 0 atom stereocenters. The zero-order chi connectivity index (χ0) is 17.9. The number of aromatic nitrogens is 2. The Balaban J connectivity index is 1.60. The lowest BCUT2D eigenvalue weighted by Gasteiger charge is -2.28. The lowest BCUT2D eigenvalue weighted by Crippen LogP contribution is -2.43. The lowest BCUT2D eigenvalue weighted by molar-refractivity contribution is 0.188. The molecule has 1 fully saturated rings. The number of nitrogens with zero attached hydrogens (tertiary/aromatic N) is 4. The number of nitrogens with one attached hydrogen (secondary N) is 2. The molecule has 0 saturated carbocycles. The van der Waals surface area contributed by atoms with Crippen LogP contribution in [0.4, 0.5) is 0 Å². The molecule has 6 heteroatoms. The van der Waals surface area contributed by atoms with Gasteiger partial charge in [0.1, 0.15) is 0 Å². The van der Waals surface area contributed by atoms with Crippen molar-refractivity contribution in [1.29, 1.82) is 0 Å². The Kier molecular flexibility index (Phi) is 7.99. The SMILES string of the molecule is c1ccc(CN2CCNCCNCCN(Cc3ccccn3)CC2)nc1. The first kappa shape index (κ1) is 18.9. The molecule has 3 heterocycles. The van der Waals surface area contributed by atoms with Crippen LogP contribution in [0.2, 0.25) is 0 Å². The summed E-state index contributed by atoms with van der Waals surface area (Å²) in [6.07, 6.45) is 3.76. The van der Waals surface area contributed by atoms with E-state index < -0.39 is 0 Å². The molecule has 26 heavy (non-hydrogen) atoms. The Morgan fingerprint density at radius 2 is 1.15 bits per heavy atom. The van der Waals surface area contributed by atoms with Crippen molar-refractivity contribution in [2.75, 3.05) is 52.4 Å². The van der Waals surface area contributed by atoms with Gasteiger partial charge >= 0.3 is 0 Å². The van der Waals surface area contributed by atoms with Gasteiger partial charge in [0.2, 0.25) is 0 Å². The van der Waals surface area contributed by atoms with Gasteiger partial charge in [0, 0.05) is 77.8 Å². The highest BCUT2D eigenvalue weighted by molar-refractivity contribution is 5.04. The molecule has 2 aromatic heterocycles. The molecule has 0 amide bonds. The summed E-state index contributed by atoms with van der Waals surface area (Å²) in [6, 6.07) is 12.3. The molecular weight excluding hydrogens is 324 g/mol. The second kappa shape index (κ2) is 11.0. The van der Waals surface area contributed by atoms with Gasteiger partial charge in [-0.15, -0.1) is 0 Å². The normalized spacial score (nSPS) is 18.8. The van der Waals surface area contributed by atoms with Crippen LogP contribution in [-0.4, -0.2) is 72.1 Å². The van der Waals surface area contributed by atoms with Crippen molar-refractivity contribution in [3.8, 4) is 0 Å². The summed E-state index contributed by atoms with van der Waals surface area (Å²) in [5, 5.41) is 7.04. The van der Waals surface area contributed by atoms with E-state index >= 15 is 0 Å². The number of hydrogen-bond donors (Lipinski definition) is 2. The molecule has 140 valence electrons. The minimum atomic E-state index is 0.901. The zero-order valence-electron chi connectivity index (χ0n) is 15.5. The minimum absolute atomic E-state index is 0.901. The van der Waals surface area contributed by atoms with E-state index in [0.717, 1.165) is 76.8 Å². The summed E-state index contributed by atoms with van der Waals surface area (Å²) in [6.45, 7) is 9.98. The van der Waals surface area contributed by atoms with E-state index in [4.69, 9.17) is 0 Å². The van der Waals surface area contributed by atoms with E-state index in [0.29, 0.717) is 0 Å². The second-order valence-corrected chi connectivity index (χ2v) is 6.69. The Morgan fingerprint density at radius 3 is 1.58 bits per heavy atom. The fraction of sp³-hybridized carbons (Fsp3) is 0.500. The van der Waals surface area contributed by atoms with Crippen LogP contribution < -0.4 is 10.6 Å². The minimum Gasteiger partial charge on any atom is -0.314 e. The van der Waals surface area contributed by atoms with Crippen molar-refractivity contribution < 1.29 is 0 Å². The molecule has 1 aliphatic rings. The fourth-order valence-electron chi connectivity index (χ4n) is 3.17. The summed E-state index contributed by atoms with van der Waals surface area (Å²) in [5.74, 6) is 0. The summed E-state index contributed by atoms with van der Waals surface area (Å²) in [4.78, 5) is 14.0. The van der Waals surface area contributed by atoms with E-state index in [1.54, 1.807) is 0 Å². The molecule has 3 rings (SSSR count).